The summed E-state index contributed by atoms with van der Waals surface area (Å²) in [6.45, 7) is 1.77. The molecule has 0 bridgehead atoms. The number of fused-ring (bicyclic) bond motifs is 1. The zero-order valence-electron chi connectivity index (χ0n) is 22.7. The SMILES string of the molecule is COc1ccccc1NC(=O)c1ccc2c(N(C)C(=O)N3C(=O)C(C)N(Cc4ccccc4)C3=O)cccc2c1O. The highest BCUT2D eigenvalue weighted by Crippen LogP contribution is 2.36. The maximum absolute atomic E-state index is 13.5. The predicted octanol–water partition coefficient (Wildman–Crippen LogP) is 5.22. The number of ether oxygens (including phenoxy) is 1. The number of carbonyl (C=O) groups is 4. The van der Waals surface area contributed by atoms with Crippen molar-refractivity contribution in [2.45, 2.75) is 19.5 Å². The Morgan fingerprint density at radius 3 is 2.37 bits per heavy atom. The van der Waals surface area contributed by atoms with Crippen LogP contribution in [0.4, 0.5) is 21.0 Å². The van der Waals surface area contributed by atoms with Gasteiger partial charge in [0.05, 0.1) is 24.0 Å². The molecule has 0 saturated carbocycles. The van der Waals surface area contributed by atoms with Crippen LogP contribution < -0.4 is 15.0 Å². The Morgan fingerprint density at radius 2 is 1.63 bits per heavy atom. The van der Waals surface area contributed by atoms with Gasteiger partial charge in [-0.2, -0.15) is 4.90 Å². The first-order valence-electron chi connectivity index (χ1n) is 12.9. The highest BCUT2D eigenvalue weighted by molar-refractivity contribution is 6.20. The maximum atomic E-state index is 13.5. The number of urea groups is 2. The Balaban J connectivity index is 1.42. The Bertz CT molecular complexity index is 1670. The normalized spacial score (nSPS) is 14.9. The van der Waals surface area contributed by atoms with Gasteiger partial charge in [-0.25, -0.2) is 9.59 Å². The van der Waals surface area contributed by atoms with Gasteiger partial charge in [-0.3, -0.25) is 14.5 Å². The second-order valence-electron chi connectivity index (χ2n) is 9.58. The van der Waals surface area contributed by atoms with Crippen molar-refractivity contribution in [1.82, 2.24) is 9.80 Å². The molecule has 41 heavy (non-hydrogen) atoms. The first-order chi connectivity index (χ1) is 19.7. The second kappa shape index (κ2) is 11.0. The summed E-state index contributed by atoms with van der Waals surface area (Å²) >= 11 is 0. The molecular weight excluding hydrogens is 524 g/mol. The van der Waals surface area contributed by atoms with E-state index in [9.17, 15) is 24.3 Å². The Morgan fingerprint density at radius 1 is 0.927 bits per heavy atom. The average molecular weight is 553 g/mol. The molecule has 1 unspecified atom stereocenters. The molecule has 4 aromatic carbocycles. The number of nitrogens with zero attached hydrogens (tertiary/aromatic N) is 3. The van der Waals surface area contributed by atoms with Crippen molar-refractivity contribution in [2.75, 3.05) is 24.4 Å². The minimum Gasteiger partial charge on any atom is -0.506 e. The number of rotatable bonds is 6. The molecule has 1 aliphatic heterocycles. The fourth-order valence-corrected chi connectivity index (χ4v) is 4.86. The average Bonchev–Trinajstić information content (AvgIpc) is 3.19. The van der Waals surface area contributed by atoms with Crippen LogP contribution in [-0.2, 0) is 11.3 Å². The summed E-state index contributed by atoms with van der Waals surface area (Å²) in [6.07, 6.45) is 0. The maximum Gasteiger partial charge on any atom is 0.339 e. The zero-order chi connectivity index (χ0) is 29.3. The van der Waals surface area contributed by atoms with Gasteiger partial charge in [0.1, 0.15) is 17.5 Å². The van der Waals surface area contributed by atoms with Gasteiger partial charge in [-0.1, -0.05) is 60.7 Å². The van der Waals surface area contributed by atoms with Crippen LogP contribution in [0.15, 0.2) is 84.9 Å². The van der Waals surface area contributed by atoms with Crippen molar-refractivity contribution in [3.63, 3.8) is 0 Å². The summed E-state index contributed by atoms with van der Waals surface area (Å²) in [5.41, 5.74) is 1.63. The third-order valence-electron chi connectivity index (χ3n) is 7.13. The molecule has 10 nitrogen and oxygen atoms in total. The molecular formula is C31H28N4O6. The van der Waals surface area contributed by atoms with Crippen molar-refractivity contribution in [3.05, 3.63) is 96.1 Å². The van der Waals surface area contributed by atoms with Gasteiger partial charge >= 0.3 is 12.1 Å². The summed E-state index contributed by atoms with van der Waals surface area (Å²) in [5, 5.41) is 14.6. The van der Waals surface area contributed by atoms with E-state index in [1.54, 1.807) is 55.5 Å². The molecule has 0 radical (unpaired) electrons. The number of imide groups is 3. The Hall–Kier alpha value is -5.38. The molecule has 0 aliphatic carbocycles. The number of phenols is 1. The van der Waals surface area contributed by atoms with Gasteiger partial charge in [0.25, 0.3) is 11.8 Å². The molecule has 4 aromatic rings. The number of methoxy groups -OCH3 is 1. The number of nitrogens with one attached hydrogen (secondary N) is 1. The topological polar surface area (TPSA) is 119 Å². The van der Waals surface area contributed by atoms with E-state index in [4.69, 9.17) is 4.74 Å². The fourth-order valence-electron chi connectivity index (χ4n) is 4.86. The molecule has 6 amide bonds. The van der Waals surface area contributed by atoms with Crippen LogP contribution in [0.1, 0.15) is 22.8 Å². The van der Waals surface area contributed by atoms with Gasteiger partial charge in [-0.15, -0.1) is 0 Å². The molecule has 0 spiro atoms. The minimum absolute atomic E-state index is 0.0183. The smallest absolute Gasteiger partial charge is 0.339 e. The van der Waals surface area contributed by atoms with Gasteiger partial charge in [0.2, 0.25) is 0 Å². The molecule has 5 rings (SSSR count). The lowest BCUT2D eigenvalue weighted by atomic mass is 10.0. The van der Waals surface area contributed by atoms with E-state index in [2.05, 4.69) is 5.32 Å². The van der Waals surface area contributed by atoms with Crippen molar-refractivity contribution in [2.24, 2.45) is 0 Å². The van der Waals surface area contributed by atoms with Gasteiger partial charge in [0.15, 0.2) is 0 Å². The quantitative estimate of drug-likeness (QED) is 0.317. The second-order valence-corrected chi connectivity index (χ2v) is 9.58. The van der Waals surface area contributed by atoms with Crippen molar-refractivity contribution >= 4 is 46.0 Å². The molecule has 2 N–H and O–H groups in total. The van der Waals surface area contributed by atoms with E-state index in [0.717, 1.165) is 5.56 Å². The van der Waals surface area contributed by atoms with Crippen molar-refractivity contribution in [1.29, 1.82) is 0 Å². The van der Waals surface area contributed by atoms with E-state index >= 15 is 0 Å². The number of hydrogen-bond donors (Lipinski definition) is 2. The van der Waals surface area contributed by atoms with Gasteiger partial charge < -0.3 is 20.1 Å². The molecule has 1 aliphatic rings. The van der Waals surface area contributed by atoms with E-state index < -0.39 is 29.9 Å². The van der Waals surface area contributed by atoms with E-state index in [1.807, 2.05) is 30.3 Å². The predicted molar refractivity (Wildman–Crippen MR) is 154 cm³/mol. The first-order valence-corrected chi connectivity index (χ1v) is 12.9. The molecule has 0 aromatic heterocycles. The van der Waals surface area contributed by atoms with Crippen LogP contribution in [0.3, 0.4) is 0 Å². The number of benzene rings is 4. The highest BCUT2D eigenvalue weighted by atomic mass is 16.5. The summed E-state index contributed by atoms with van der Waals surface area (Å²) in [6, 6.07) is 21.6. The number of phenolic OH excluding ortho intramolecular Hbond substituents is 1. The summed E-state index contributed by atoms with van der Waals surface area (Å²) < 4.78 is 5.28. The number of amides is 6. The summed E-state index contributed by atoms with van der Waals surface area (Å²) in [7, 11) is 2.93. The lowest BCUT2D eigenvalue weighted by molar-refractivity contribution is -0.125. The standard InChI is InChI=1S/C31H28N4O6/c1-19-29(38)35(31(40)34(19)18-20-10-5-4-6-11-20)30(39)33(2)25-14-9-12-22-21(25)16-17-23(27(22)36)28(37)32-24-13-7-8-15-26(24)41-3/h4-17,19,36H,18H2,1-3H3,(H,32,37). The zero-order valence-corrected chi connectivity index (χ0v) is 22.7. The largest absolute Gasteiger partial charge is 0.506 e. The van der Waals surface area contributed by atoms with Gasteiger partial charge in [0, 0.05) is 24.4 Å². The van der Waals surface area contributed by atoms with E-state index in [-0.39, 0.29) is 17.9 Å². The number of anilines is 2. The lowest BCUT2D eigenvalue weighted by Gasteiger charge is -2.24. The third-order valence-corrected chi connectivity index (χ3v) is 7.13. The van der Waals surface area contributed by atoms with E-state index in [0.29, 0.717) is 32.8 Å². The number of aromatic hydroxyl groups is 1. The molecule has 10 heteroatoms. The van der Waals surface area contributed by atoms with Crippen LogP contribution in [0.25, 0.3) is 10.8 Å². The number of para-hydroxylation sites is 2. The molecule has 1 fully saturated rings. The van der Waals surface area contributed by atoms with Crippen molar-refractivity contribution < 1.29 is 29.0 Å². The molecule has 208 valence electrons. The molecule has 1 heterocycles. The Labute approximate surface area is 236 Å². The Kier molecular flexibility index (Phi) is 7.30. The van der Waals surface area contributed by atoms with Crippen LogP contribution in [0, 0.1) is 0 Å². The summed E-state index contributed by atoms with van der Waals surface area (Å²) in [5.74, 6) is -0.995. The van der Waals surface area contributed by atoms with Gasteiger partial charge in [-0.05, 0) is 36.8 Å². The van der Waals surface area contributed by atoms with Crippen LogP contribution in [-0.4, -0.2) is 59.0 Å². The van der Waals surface area contributed by atoms with Crippen molar-refractivity contribution in [3.8, 4) is 11.5 Å². The first kappa shape index (κ1) is 27.2. The minimum atomic E-state index is -0.826. The van der Waals surface area contributed by atoms with Crippen LogP contribution in [0.2, 0.25) is 0 Å². The molecule has 1 atom stereocenters. The van der Waals surface area contributed by atoms with E-state index in [1.165, 1.54) is 30.0 Å². The number of carbonyl (C=O) groups excluding carboxylic acids is 4. The third kappa shape index (κ3) is 4.91. The number of hydrogen-bond acceptors (Lipinski definition) is 6. The monoisotopic (exact) mass is 552 g/mol. The summed E-state index contributed by atoms with van der Waals surface area (Å²) in [4.78, 5) is 56.0. The molecule has 1 saturated heterocycles. The lowest BCUT2D eigenvalue weighted by Crippen LogP contribution is -2.45. The van der Waals surface area contributed by atoms with Crippen LogP contribution in [0.5, 0.6) is 11.5 Å². The fraction of sp³-hybridized carbons (Fsp3) is 0.161. The highest BCUT2D eigenvalue weighted by Gasteiger charge is 2.47. The van der Waals surface area contributed by atoms with Crippen LogP contribution >= 0.6 is 0 Å².